The zero-order chi connectivity index (χ0) is 56.7. The van der Waals surface area contributed by atoms with Crippen molar-refractivity contribution in [2.75, 3.05) is 13.1 Å². The first-order valence-corrected chi connectivity index (χ1v) is 26.4. The van der Waals surface area contributed by atoms with E-state index in [2.05, 4.69) is 47.4 Å². The standard InChI is InChI=1S/C51H82N8O17/c1-6-25(2)19-26(3)13-11-9-7-8-10-12-14-37(66)53-32-21-35(64)47(72)57-49(74)41-42(67)27(4)23-59(41)51(76)39(34(63)22-36(52)65)55-48(73)40(44(69)43(68)29-15-17-30(61)18-16-29)56-46(71)33-20-31(62)24-58(33)50(75)38(28(5)60)54-45(32)70/h15-18,25-28,31-35,38-44,47,60-64,67-69,72H,6-14,19-24H2,1-5H3,(H2,52,65)(H,53,66)(H,54,70)(H,55,73)(H,56,71)(H,57,74)/i32+1,33+1,39+1,45+1,46+1,51+1. The number of phenolic OH excluding ortho intramolecular Hbond substituents is 1. The van der Waals surface area contributed by atoms with Crippen LogP contribution in [0.3, 0.4) is 0 Å². The Hall–Kier alpha value is -5.54. The lowest BCUT2D eigenvalue weighted by molar-refractivity contribution is -0.149. The molecule has 0 saturated carbocycles. The molecule has 8 amide bonds. The third kappa shape index (κ3) is 17.5. The van der Waals surface area contributed by atoms with Crippen molar-refractivity contribution in [3.63, 3.8) is 0 Å². The van der Waals surface area contributed by atoms with E-state index in [1.165, 1.54) is 13.3 Å². The number of unbranched alkanes of at least 4 members (excludes halogenated alkanes) is 5. The Bertz CT molecular complexity index is 2140. The number of carbonyl (C=O) groups is 8. The van der Waals surface area contributed by atoms with Gasteiger partial charge in [0.1, 0.15) is 60.3 Å². The van der Waals surface area contributed by atoms with Crippen molar-refractivity contribution >= 4 is 47.3 Å². The van der Waals surface area contributed by atoms with Gasteiger partial charge in [-0.25, -0.2) is 0 Å². The summed E-state index contributed by atoms with van der Waals surface area (Å²) in [7, 11) is 0. The highest BCUT2D eigenvalue weighted by Crippen LogP contribution is 2.28. The minimum atomic E-state index is -2.37. The number of primary amides is 1. The molecule has 17 unspecified atom stereocenters. The lowest BCUT2D eigenvalue weighted by atomic mass is 9.91. The number of aromatic hydroxyl groups is 1. The molecule has 1 aromatic rings. The second kappa shape index (κ2) is 29.3. The van der Waals surface area contributed by atoms with Crippen LogP contribution in [-0.2, 0) is 38.4 Å². The molecule has 3 aliphatic heterocycles. The van der Waals surface area contributed by atoms with Crippen LogP contribution in [0.25, 0.3) is 0 Å². The lowest BCUT2D eigenvalue weighted by Crippen LogP contribution is -2.64. The molecule has 4 rings (SSSR count). The number of amides is 8. The van der Waals surface area contributed by atoms with Crippen molar-refractivity contribution in [3.05, 3.63) is 29.8 Å². The molecule has 16 N–H and O–H groups in total. The predicted octanol–water partition coefficient (Wildman–Crippen LogP) is -3.10. The first-order valence-electron chi connectivity index (χ1n) is 26.4. The number of hydrogen-bond donors (Lipinski definition) is 15. The minimum Gasteiger partial charge on any atom is -0.508 e. The zero-order valence-electron chi connectivity index (χ0n) is 44.0. The number of nitrogens with two attached hydrogens (primary N) is 1. The Morgan fingerprint density at radius 3 is 1.93 bits per heavy atom. The molecular formula is C51H82N8O17. The Kier molecular flexibility index (Phi) is 24.3. The Balaban J connectivity index is 1.71. The SMILES string of the molecule is CCC(C)CC(C)CCCCCCCCC(=O)N[13CH]1CC(O)C(O)NC(=O)C2C(O)C(C)CN2[13C](=O)[13CH](C(O)CC(N)=O)NC(=O)C(C(O)C(O)c2ccc(O)cc2)N[13C](=O)[13CH]2CC(O)CN2C(=O)C(C(C)O)N[13C]1=O. The first-order chi connectivity index (χ1) is 35.7. The van der Waals surface area contributed by atoms with Gasteiger partial charge in [0.2, 0.25) is 47.3 Å². The summed E-state index contributed by atoms with van der Waals surface area (Å²) in [5, 5.41) is 111. The Morgan fingerprint density at radius 2 is 1.32 bits per heavy atom. The van der Waals surface area contributed by atoms with Crippen LogP contribution in [0.2, 0.25) is 0 Å². The van der Waals surface area contributed by atoms with Crippen LogP contribution in [-0.4, -0.2) is 195 Å². The molecule has 0 aromatic heterocycles. The monoisotopic (exact) mass is 1080 g/mol. The molecule has 76 heavy (non-hydrogen) atoms. The fourth-order valence-corrected chi connectivity index (χ4v) is 10.0. The highest BCUT2D eigenvalue weighted by atomic mass is 16.4. The van der Waals surface area contributed by atoms with Gasteiger partial charge < -0.3 is 88.1 Å². The van der Waals surface area contributed by atoms with E-state index in [0.717, 1.165) is 74.6 Å². The number of rotatable bonds is 20. The molecule has 428 valence electrons. The largest absolute Gasteiger partial charge is 0.508 e. The molecule has 0 spiro atoms. The van der Waals surface area contributed by atoms with E-state index >= 15 is 0 Å². The lowest BCUT2D eigenvalue weighted by Gasteiger charge is -2.34. The molecule has 3 aliphatic rings. The highest BCUT2D eigenvalue weighted by Gasteiger charge is 2.50. The van der Waals surface area contributed by atoms with Crippen molar-refractivity contribution in [2.24, 2.45) is 23.5 Å². The van der Waals surface area contributed by atoms with Crippen molar-refractivity contribution in [2.45, 2.75) is 203 Å². The molecule has 0 bridgehead atoms. The number of hydrogen-bond acceptors (Lipinski definition) is 17. The normalized spacial score (nSPS) is 29.8. The number of nitrogens with one attached hydrogen (secondary N) is 5. The molecular weight excluding hydrogens is 1000 g/mol. The van der Waals surface area contributed by atoms with E-state index in [4.69, 9.17) is 5.73 Å². The van der Waals surface area contributed by atoms with Crippen molar-refractivity contribution in [1.82, 2.24) is 36.4 Å². The number of aliphatic hydroxyl groups excluding tert-OH is 8. The van der Waals surface area contributed by atoms with Crippen LogP contribution in [0.1, 0.15) is 130 Å². The molecule has 25 nitrogen and oxygen atoms in total. The number of aliphatic hydroxyl groups is 8. The van der Waals surface area contributed by atoms with Crippen molar-refractivity contribution in [1.29, 1.82) is 0 Å². The van der Waals surface area contributed by atoms with Crippen LogP contribution in [0.15, 0.2) is 24.3 Å². The molecule has 17 atom stereocenters. The van der Waals surface area contributed by atoms with Crippen LogP contribution >= 0.6 is 0 Å². The summed E-state index contributed by atoms with van der Waals surface area (Å²) in [4.78, 5) is 113. The Morgan fingerprint density at radius 1 is 0.724 bits per heavy atom. The van der Waals surface area contributed by atoms with Gasteiger partial charge in [0, 0.05) is 38.3 Å². The van der Waals surface area contributed by atoms with Crippen molar-refractivity contribution in [3.8, 4) is 5.75 Å². The molecule has 3 saturated heterocycles. The van der Waals surface area contributed by atoms with Gasteiger partial charge in [-0.1, -0.05) is 84.8 Å². The van der Waals surface area contributed by atoms with Crippen LogP contribution in [0.5, 0.6) is 5.75 Å². The predicted molar refractivity (Wildman–Crippen MR) is 270 cm³/mol. The van der Waals surface area contributed by atoms with E-state index in [-0.39, 0.29) is 17.7 Å². The maximum absolute atomic E-state index is 14.5. The summed E-state index contributed by atoms with van der Waals surface area (Å²) >= 11 is 0. The number of phenols is 1. The van der Waals surface area contributed by atoms with Gasteiger partial charge in [-0.2, -0.15) is 0 Å². The van der Waals surface area contributed by atoms with E-state index in [9.17, 15) is 84.3 Å². The summed E-state index contributed by atoms with van der Waals surface area (Å²) in [6.45, 7) is 8.17. The maximum Gasteiger partial charge on any atom is 0.248 e. The molecule has 25 heteroatoms. The summed E-state index contributed by atoms with van der Waals surface area (Å²) in [6, 6.07) is -7.42. The summed E-state index contributed by atoms with van der Waals surface area (Å²) in [6.07, 6.45) is -9.95. The van der Waals surface area contributed by atoms with Crippen LogP contribution < -0.4 is 32.3 Å². The van der Waals surface area contributed by atoms with Gasteiger partial charge in [-0.15, -0.1) is 0 Å². The smallest absolute Gasteiger partial charge is 0.248 e. The topological polar surface area (TPSA) is 411 Å². The number of fused-ring (bicyclic) bond motifs is 2. The first kappa shape index (κ1) is 63.0. The number of carbonyl (C=O) groups excluding carboxylic acids is 8. The fraction of sp³-hybridized carbons (Fsp3) is 0.725. The molecule has 0 aliphatic carbocycles. The van der Waals surface area contributed by atoms with Gasteiger partial charge in [-0.3, -0.25) is 38.4 Å². The second-order valence-electron chi connectivity index (χ2n) is 21.2. The van der Waals surface area contributed by atoms with Gasteiger partial charge in [0.25, 0.3) is 0 Å². The summed E-state index contributed by atoms with van der Waals surface area (Å²) in [5.74, 6) is -9.52. The highest BCUT2D eigenvalue weighted by molar-refractivity contribution is 5.98. The van der Waals surface area contributed by atoms with E-state index in [1.807, 2.05) is 0 Å². The molecule has 1 aromatic carbocycles. The van der Waals surface area contributed by atoms with Gasteiger partial charge in [0.15, 0.2) is 6.23 Å². The van der Waals surface area contributed by atoms with Gasteiger partial charge in [-0.05, 0) is 49.3 Å². The van der Waals surface area contributed by atoms with Crippen LogP contribution in [0.4, 0.5) is 0 Å². The molecule has 3 heterocycles. The average Bonchev–Trinajstić information content (AvgIpc) is 3.90. The second-order valence-corrected chi connectivity index (χ2v) is 21.2. The Labute approximate surface area is 442 Å². The number of benzene rings is 1. The minimum absolute atomic E-state index is 0.0813. The van der Waals surface area contributed by atoms with E-state index in [1.54, 1.807) is 0 Å². The van der Waals surface area contributed by atoms with E-state index in [0.29, 0.717) is 29.6 Å². The molecule has 0 radical (unpaired) electrons. The quantitative estimate of drug-likeness (QED) is 0.0454. The summed E-state index contributed by atoms with van der Waals surface area (Å²) in [5.41, 5.74) is 5.23. The molecule has 3 fully saturated rings. The zero-order valence-corrected chi connectivity index (χ0v) is 44.0. The third-order valence-corrected chi connectivity index (χ3v) is 14.7. The summed E-state index contributed by atoms with van der Waals surface area (Å²) < 4.78 is 0. The van der Waals surface area contributed by atoms with Gasteiger partial charge >= 0.3 is 0 Å². The van der Waals surface area contributed by atoms with Gasteiger partial charge in [0.05, 0.1) is 30.8 Å². The average molecular weight is 1090 g/mol. The fourth-order valence-electron chi connectivity index (χ4n) is 10.0. The maximum atomic E-state index is 14.5. The van der Waals surface area contributed by atoms with Crippen LogP contribution in [0, 0.1) is 17.8 Å². The third-order valence-electron chi connectivity index (χ3n) is 14.7. The van der Waals surface area contributed by atoms with E-state index < -0.39 is 171 Å². The number of nitrogens with zero attached hydrogens (tertiary/aromatic N) is 2. The van der Waals surface area contributed by atoms with Crippen molar-refractivity contribution < 1.29 is 84.3 Å².